The Bertz CT molecular complexity index is 1120. The molecule has 1 amide bonds. The highest BCUT2D eigenvalue weighted by molar-refractivity contribution is 9.10. The van der Waals surface area contributed by atoms with Crippen LogP contribution in [-0.4, -0.2) is 41.7 Å². The third kappa shape index (κ3) is 6.05. The molecule has 1 atom stereocenters. The van der Waals surface area contributed by atoms with Crippen LogP contribution in [0.2, 0.25) is 0 Å². The molecule has 1 N–H and O–H groups in total. The molecule has 1 fully saturated rings. The largest absolute Gasteiger partial charge is 0.490 e. The third-order valence-corrected chi connectivity index (χ3v) is 6.24. The Morgan fingerprint density at radius 1 is 1.18 bits per heavy atom. The van der Waals surface area contributed by atoms with E-state index in [0.29, 0.717) is 31.2 Å². The van der Waals surface area contributed by atoms with Gasteiger partial charge in [-0.3, -0.25) is 4.79 Å². The molecule has 2 heterocycles. The van der Waals surface area contributed by atoms with E-state index in [1.165, 1.54) is 0 Å². The average Bonchev–Trinajstić information content (AvgIpc) is 2.85. The van der Waals surface area contributed by atoms with E-state index in [4.69, 9.17) is 9.47 Å². The standard InChI is InChI=1S/C26H29BrN4O3/c1-3-33-23-8-4-5-9-24(23)34-22-7-6-12-31(17-22)26-29-15-20(16-30-26)25(32)28-14-19-10-11-21(27)13-18(19)2/h4-5,8-11,13,15-16,22H,3,6-7,12,14,17H2,1-2H3,(H,28,32)/t22-/m1/s1. The molecular formula is C26H29BrN4O3. The van der Waals surface area contributed by atoms with Crippen molar-refractivity contribution in [2.45, 2.75) is 39.3 Å². The van der Waals surface area contributed by atoms with Crippen molar-refractivity contribution in [3.63, 3.8) is 0 Å². The Hall–Kier alpha value is -3.13. The fourth-order valence-electron chi connectivity index (χ4n) is 3.95. The quantitative estimate of drug-likeness (QED) is 0.450. The topological polar surface area (TPSA) is 76.6 Å². The molecule has 8 heteroatoms. The second-order valence-corrected chi connectivity index (χ2v) is 9.15. The molecule has 0 aliphatic carbocycles. The Labute approximate surface area is 208 Å². The van der Waals surface area contributed by atoms with Gasteiger partial charge in [0.05, 0.1) is 18.7 Å². The molecule has 1 aliphatic heterocycles. The van der Waals surface area contributed by atoms with Crippen molar-refractivity contribution < 1.29 is 14.3 Å². The number of anilines is 1. The van der Waals surface area contributed by atoms with Crippen LogP contribution in [0.5, 0.6) is 11.5 Å². The van der Waals surface area contributed by atoms with E-state index in [2.05, 4.69) is 36.1 Å². The summed E-state index contributed by atoms with van der Waals surface area (Å²) in [5, 5.41) is 2.94. The van der Waals surface area contributed by atoms with Crippen molar-refractivity contribution in [2.75, 3.05) is 24.6 Å². The minimum atomic E-state index is -0.193. The second kappa shape index (κ2) is 11.3. The molecule has 1 aliphatic rings. The Kier molecular flexibility index (Phi) is 8.00. The van der Waals surface area contributed by atoms with Crippen molar-refractivity contribution in [3.8, 4) is 11.5 Å². The molecule has 178 valence electrons. The van der Waals surface area contributed by atoms with E-state index >= 15 is 0 Å². The number of aromatic nitrogens is 2. The first-order valence-electron chi connectivity index (χ1n) is 11.5. The molecule has 2 aromatic carbocycles. The zero-order valence-corrected chi connectivity index (χ0v) is 21.0. The van der Waals surface area contributed by atoms with Crippen LogP contribution in [0.15, 0.2) is 59.3 Å². The summed E-state index contributed by atoms with van der Waals surface area (Å²) in [5.74, 6) is 1.92. The molecule has 0 bridgehead atoms. The smallest absolute Gasteiger partial charge is 0.254 e. The zero-order chi connectivity index (χ0) is 23.9. The van der Waals surface area contributed by atoms with Crippen LogP contribution in [0.3, 0.4) is 0 Å². The number of rotatable bonds is 8. The summed E-state index contributed by atoms with van der Waals surface area (Å²) in [5.41, 5.74) is 2.63. The average molecular weight is 525 g/mol. The molecule has 34 heavy (non-hydrogen) atoms. The van der Waals surface area contributed by atoms with Gasteiger partial charge >= 0.3 is 0 Å². The molecule has 0 spiro atoms. The molecule has 0 saturated carbocycles. The van der Waals surface area contributed by atoms with Gasteiger partial charge in [-0.2, -0.15) is 0 Å². The fraction of sp³-hybridized carbons (Fsp3) is 0.346. The third-order valence-electron chi connectivity index (χ3n) is 5.75. The minimum absolute atomic E-state index is 0.0103. The van der Waals surface area contributed by atoms with E-state index in [1.54, 1.807) is 12.4 Å². The predicted molar refractivity (Wildman–Crippen MR) is 136 cm³/mol. The van der Waals surface area contributed by atoms with Gasteiger partial charge in [0.15, 0.2) is 11.5 Å². The molecule has 1 aromatic heterocycles. The summed E-state index contributed by atoms with van der Waals surface area (Å²) < 4.78 is 13.0. The van der Waals surface area contributed by atoms with E-state index in [9.17, 15) is 4.79 Å². The van der Waals surface area contributed by atoms with E-state index in [1.807, 2.05) is 56.3 Å². The first kappa shape index (κ1) is 24.0. The highest BCUT2D eigenvalue weighted by Gasteiger charge is 2.24. The minimum Gasteiger partial charge on any atom is -0.490 e. The number of carbonyl (C=O) groups is 1. The van der Waals surface area contributed by atoms with Crippen LogP contribution in [-0.2, 0) is 6.54 Å². The lowest BCUT2D eigenvalue weighted by Crippen LogP contribution is -2.42. The fourth-order valence-corrected chi connectivity index (χ4v) is 4.43. The maximum absolute atomic E-state index is 12.6. The van der Waals surface area contributed by atoms with Crippen molar-refractivity contribution >= 4 is 27.8 Å². The zero-order valence-electron chi connectivity index (χ0n) is 19.5. The molecule has 3 aromatic rings. The lowest BCUT2D eigenvalue weighted by molar-refractivity contribution is 0.0950. The summed E-state index contributed by atoms with van der Waals surface area (Å²) in [4.78, 5) is 23.6. The molecule has 0 unspecified atom stereocenters. The van der Waals surface area contributed by atoms with Gasteiger partial charge in [-0.05, 0) is 62.1 Å². The van der Waals surface area contributed by atoms with E-state index < -0.39 is 0 Å². The van der Waals surface area contributed by atoms with Crippen LogP contribution in [0, 0.1) is 6.92 Å². The van der Waals surface area contributed by atoms with Gasteiger partial charge < -0.3 is 19.7 Å². The van der Waals surface area contributed by atoms with Crippen LogP contribution < -0.4 is 19.7 Å². The van der Waals surface area contributed by atoms with Crippen molar-refractivity contribution in [2.24, 2.45) is 0 Å². The number of nitrogens with one attached hydrogen (secondary N) is 1. The first-order chi connectivity index (χ1) is 16.5. The highest BCUT2D eigenvalue weighted by atomic mass is 79.9. The summed E-state index contributed by atoms with van der Waals surface area (Å²) in [7, 11) is 0. The Morgan fingerprint density at radius 3 is 2.68 bits per heavy atom. The van der Waals surface area contributed by atoms with Crippen LogP contribution in [0.1, 0.15) is 41.3 Å². The molecule has 1 saturated heterocycles. The monoisotopic (exact) mass is 524 g/mol. The normalized spacial score (nSPS) is 15.6. The number of carbonyl (C=O) groups excluding carboxylic acids is 1. The number of nitrogens with zero attached hydrogens (tertiary/aromatic N) is 3. The van der Waals surface area contributed by atoms with Gasteiger partial charge in [0.2, 0.25) is 5.95 Å². The number of aryl methyl sites for hydroxylation is 1. The van der Waals surface area contributed by atoms with Crippen LogP contribution >= 0.6 is 15.9 Å². The number of hydrogen-bond donors (Lipinski definition) is 1. The van der Waals surface area contributed by atoms with E-state index in [0.717, 1.165) is 46.5 Å². The summed E-state index contributed by atoms with van der Waals surface area (Å²) in [6.45, 7) is 6.55. The number of halogens is 1. The molecule has 4 rings (SSSR count). The van der Waals surface area contributed by atoms with Gasteiger partial charge in [0.25, 0.3) is 5.91 Å². The van der Waals surface area contributed by atoms with Gasteiger partial charge in [-0.25, -0.2) is 9.97 Å². The van der Waals surface area contributed by atoms with Gasteiger partial charge in [-0.1, -0.05) is 34.1 Å². The van der Waals surface area contributed by atoms with Gasteiger partial charge in [-0.15, -0.1) is 0 Å². The lowest BCUT2D eigenvalue weighted by atomic mass is 10.1. The van der Waals surface area contributed by atoms with Crippen molar-refractivity contribution in [3.05, 3.63) is 76.0 Å². The van der Waals surface area contributed by atoms with Gasteiger partial charge in [0, 0.05) is 30.0 Å². The number of piperidine rings is 1. The molecule has 7 nitrogen and oxygen atoms in total. The predicted octanol–water partition coefficient (Wildman–Crippen LogP) is 4.92. The molecule has 0 radical (unpaired) electrons. The maximum Gasteiger partial charge on any atom is 0.254 e. The first-order valence-corrected chi connectivity index (χ1v) is 12.3. The Morgan fingerprint density at radius 2 is 1.94 bits per heavy atom. The SMILES string of the molecule is CCOc1ccccc1O[C@@H]1CCCN(c2ncc(C(=O)NCc3ccc(Br)cc3C)cn2)C1. The van der Waals surface area contributed by atoms with Gasteiger partial charge in [0.1, 0.15) is 6.10 Å². The number of amides is 1. The van der Waals surface area contributed by atoms with E-state index in [-0.39, 0.29) is 12.0 Å². The Balaban J connectivity index is 1.35. The summed E-state index contributed by atoms with van der Waals surface area (Å²) >= 11 is 3.46. The van der Waals surface area contributed by atoms with Crippen LogP contribution in [0.25, 0.3) is 0 Å². The number of ether oxygens (including phenoxy) is 2. The maximum atomic E-state index is 12.6. The number of benzene rings is 2. The van der Waals surface area contributed by atoms with Crippen LogP contribution in [0.4, 0.5) is 5.95 Å². The summed E-state index contributed by atoms with van der Waals surface area (Å²) in [6.07, 6.45) is 5.10. The summed E-state index contributed by atoms with van der Waals surface area (Å²) in [6, 6.07) is 13.7. The second-order valence-electron chi connectivity index (χ2n) is 8.23. The molecular weight excluding hydrogens is 496 g/mol. The number of para-hydroxylation sites is 2. The van der Waals surface area contributed by atoms with Crippen molar-refractivity contribution in [1.29, 1.82) is 0 Å². The highest BCUT2D eigenvalue weighted by Crippen LogP contribution is 2.29. The lowest BCUT2D eigenvalue weighted by Gasteiger charge is -2.33. The number of hydrogen-bond acceptors (Lipinski definition) is 6. The van der Waals surface area contributed by atoms with Crippen molar-refractivity contribution in [1.82, 2.24) is 15.3 Å².